The largest absolute Gasteiger partial charge is 0.451 e. The Morgan fingerprint density at radius 2 is 1.96 bits per heavy atom. The van der Waals surface area contributed by atoms with Gasteiger partial charge in [-0.25, -0.2) is 0 Å². The minimum atomic E-state index is -1.20. The van der Waals surface area contributed by atoms with Crippen LogP contribution in [0.25, 0.3) is 0 Å². The second-order valence-corrected chi connectivity index (χ2v) is 7.71. The molecule has 2 rings (SSSR count). The lowest BCUT2D eigenvalue weighted by atomic mass is 9.82. The van der Waals surface area contributed by atoms with Crippen LogP contribution in [-0.2, 0) is 16.1 Å². The highest BCUT2D eigenvalue weighted by Crippen LogP contribution is 2.26. The fourth-order valence-electron chi connectivity index (χ4n) is 3.42. The molecule has 4 N–H and O–H groups in total. The predicted molar refractivity (Wildman–Crippen MR) is 106 cm³/mol. The number of piperidine rings is 1. The van der Waals surface area contributed by atoms with Crippen molar-refractivity contribution in [1.82, 2.24) is 4.90 Å². The third-order valence-corrected chi connectivity index (χ3v) is 5.53. The smallest absolute Gasteiger partial charge is 0.427 e. The van der Waals surface area contributed by atoms with Crippen molar-refractivity contribution in [3.63, 3.8) is 0 Å². The summed E-state index contributed by atoms with van der Waals surface area (Å²) in [5, 5.41) is 18.9. The fourth-order valence-corrected chi connectivity index (χ4v) is 3.74. The standard InChI is InChI=1S/C17H27BCl2N2O2.CO2/c19-15-7-6-13(10-16(15)20)11-22-9-3-4-14(12-22)17(21)5-1-2-8-18(23)24;2-1-3/h6-7,10,14,17,23-24H,1-5,8-9,11-12,21H2;/t14-,17?;/m0./s1. The molecule has 0 amide bonds. The Balaban J connectivity index is 0.00000114. The Hall–Kier alpha value is -0.915. The van der Waals surface area contributed by atoms with Gasteiger partial charge in [-0.15, -0.1) is 0 Å². The second-order valence-electron chi connectivity index (χ2n) is 6.90. The van der Waals surface area contributed by atoms with Gasteiger partial charge in [-0.05, 0) is 55.7 Å². The van der Waals surface area contributed by atoms with Gasteiger partial charge in [-0.3, -0.25) is 4.90 Å². The maximum atomic E-state index is 8.88. The zero-order valence-electron chi connectivity index (χ0n) is 15.3. The van der Waals surface area contributed by atoms with Crippen molar-refractivity contribution >= 4 is 36.5 Å². The van der Waals surface area contributed by atoms with E-state index in [1.807, 2.05) is 18.2 Å². The Bertz CT molecular complexity index is 601. The second kappa shape index (κ2) is 13.3. The van der Waals surface area contributed by atoms with Crippen LogP contribution in [0.15, 0.2) is 18.2 Å². The fraction of sp³-hybridized carbons (Fsp3) is 0.611. The molecule has 0 spiro atoms. The summed E-state index contributed by atoms with van der Waals surface area (Å²) < 4.78 is 0. The summed E-state index contributed by atoms with van der Waals surface area (Å²) in [7, 11) is -1.20. The molecule has 1 aromatic rings. The van der Waals surface area contributed by atoms with E-state index < -0.39 is 7.12 Å². The van der Waals surface area contributed by atoms with Crippen LogP contribution in [-0.4, -0.2) is 47.3 Å². The Labute approximate surface area is 170 Å². The summed E-state index contributed by atoms with van der Waals surface area (Å²) in [6.45, 7) is 2.96. The SMILES string of the molecule is NC(CCCCB(O)O)[C@H]1CCCN(Cc2ccc(Cl)c(Cl)c2)C1.O=C=O. The van der Waals surface area contributed by atoms with E-state index in [-0.39, 0.29) is 12.2 Å². The zero-order valence-corrected chi connectivity index (χ0v) is 16.8. The molecule has 0 radical (unpaired) electrons. The van der Waals surface area contributed by atoms with Crippen molar-refractivity contribution in [3.05, 3.63) is 33.8 Å². The van der Waals surface area contributed by atoms with Crippen molar-refractivity contribution in [3.8, 4) is 0 Å². The number of hydrogen-bond acceptors (Lipinski definition) is 6. The molecular formula is C18H27BCl2N2O4. The van der Waals surface area contributed by atoms with Crippen LogP contribution in [0.3, 0.4) is 0 Å². The van der Waals surface area contributed by atoms with Crippen LogP contribution in [0.2, 0.25) is 16.4 Å². The van der Waals surface area contributed by atoms with Crippen molar-refractivity contribution in [2.75, 3.05) is 13.1 Å². The van der Waals surface area contributed by atoms with Crippen LogP contribution < -0.4 is 5.73 Å². The van der Waals surface area contributed by atoms with Crippen molar-refractivity contribution < 1.29 is 19.6 Å². The highest BCUT2D eigenvalue weighted by molar-refractivity contribution is 6.42. The topological polar surface area (TPSA) is 104 Å². The first-order valence-electron chi connectivity index (χ1n) is 9.14. The van der Waals surface area contributed by atoms with E-state index >= 15 is 0 Å². The summed E-state index contributed by atoms with van der Waals surface area (Å²) in [6, 6.07) is 5.99. The Kier molecular flexibility index (Phi) is 11.9. The van der Waals surface area contributed by atoms with Gasteiger partial charge in [-0.1, -0.05) is 42.1 Å². The van der Waals surface area contributed by atoms with E-state index in [1.165, 1.54) is 12.0 Å². The van der Waals surface area contributed by atoms with E-state index in [0.717, 1.165) is 45.3 Å². The molecule has 1 fully saturated rings. The van der Waals surface area contributed by atoms with E-state index in [9.17, 15) is 0 Å². The summed E-state index contributed by atoms with van der Waals surface area (Å²) in [6.07, 6.45) is 5.71. The molecule has 1 unspecified atom stereocenters. The molecule has 0 saturated carbocycles. The average molecular weight is 417 g/mol. The minimum Gasteiger partial charge on any atom is -0.427 e. The maximum absolute atomic E-state index is 8.88. The number of hydrogen-bond donors (Lipinski definition) is 3. The van der Waals surface area contributed by atoms with E-state index in [4.69, 9.17) is 48.6 Å². The predicted octanol–water partition coefficient (Wildman–Crippen LogP) is 2.59. The van der Waals surface area contributed by atoms with Gasteiger partial charge in [-0.2, -0.15) is 9.59 Å². The molecule has 1 saturated heterocycles. The highest BCUT2D eigenvalue weighted by Gasteiger charge is 2.25. The Morgan fingerprint density at radius 3 is 2.59 bits per heavy atom. The number of halogens is 2. The number of unbranched alkanes of at least 4 members (excludes halogenated alkanes) is 1. The van der Waals surface area contributed by atoms with Crippen molar-refractivity contribution in [2.45, 2.75) is 51.0 Å². The van der Waals surface area contributed by atoms with Crippen LogP contribution in [0.5, 0.6) is 0 Å². The molecule has 0 aromatic heterocycles. The first-order chi connectivity index (χ1) is 12.9. The first kappa shape index (κ1) is 24.1. The molecule has 2 atom stereocenters. The normalized spacial score (nSPS) is 18.2. The third kappa shape index (κ3) is 9.72. The lowest BCUT2D eigenvalue weighted by Gasteiger charge is -2.35. The van der Waals surface area contributed by atoms with Crippen molar-refractivity contribution in [1.29, 1.82) is 0 Å². The lowest BCUT2D eigenvalue weighted by molar-refractivity contribution is -0.191. The number of carbonyl (C=O) groups excluding carboxylic acids is 2. The number of rotatable bonds is 8. The van der Waals surface area contributed by atoms with Crippen LogP contribution >= 0.6 is 23.2 Å². The van der Waals surface area contributed by atoms with Gasteiger partial charge >= 0.3 is 13.3 Å². The molecule has 1 aliphatic heterocycles. The molecule has 1 aliphatic rings. The number of nitrogens with two attached hydrogens (primary N) is 1. The zero-order chi connectivity index (χ0) is 20.2. The molecule has 27 heavy (non-hydrogen) atoms. The highest BCUT2D eigenvalue weighted by atomic mass is 35.5. The number of likely N-dealkylation sites (tertiary alicyclic amines) is 1. The molecule has 1 aromatic carbocycles. The lowest BCUT2D eigenvalue weighted by Crippen LogP contribution is -2.43. The van der Waals surface area contributed by atoms with Crippen LogP contribution in [0, 0.1) is 5.92 Å². The summed E-state index contributed by atoms with van der Waals surface area (Å²) >= 11 is 12.1. The number of benzene rings is 1. The first-order valence-corrected chi connectivity index (χ1v) is 9.90. The third-order valence-electron chi connectivity index (χ3n) is 4.79. The van der Waals surface area contributed by atoms with E-state index in [1.54, 1.807) is 0 Å². The van der Waals surface area contributed by atoms with Gasteiger partial charge in [0.2, 0.25) is 0 Å². The number of nitrogens with zero attached hydrogens (tertiary/aromatic N) is 1. The monoisotopic (exact) mass is 416 g/mol. The Morgan fingerprint density at radius 1 is 1.26 bits per heavy atom. The van der Waals surface area contributed by atoms with Gasteiger partial charge < -0.3 is 15.8 Å². The summed E-state index contributed by atoms with van der Waals surface area (Å²) in [5.41, 5.74) is 7.55. The van der Waals surface area contributed by atoms with Crippen molar-refractivity contribution in [2.24, 2.45) is 11.7 Å². The minimum absolute atomic E-state index is 0.178. The molecule has 0 aliphatic carbocycles. The molecule has 9 heteroatoms. The molecular weight excluding hydrogens is 390 g/mol. The maximum Gasteiger partial charge on any atom is 0.451 e. The quantitative estimate of drug-likeness (QED) is 0.444. The van der Waals surface area contributed by atoms with Gasteiger partial charge in [0.25, 0.3) is 0 Å². The van der Waals surface area contributed by atoms with Crippen LogP contribution in [0.1, 0.15) is 37.7 Å². The van der Waals surface area contributed by atoms with Gasteiger partial charge in [0.15, 0.2) is 0 Å². The van der Waals surface area contributed by atoms with Gasteiger partial charge in [0, 0.05) is 19.1 Å². The molecule has 1 heterocycles. The van der Waals surface area contributed by atoms with Gasteiger partial charge in [0.1, 0.15) is 0 Å². The molecule has 6 nitrogen and oxygen atoms in total. The summed E-state index contributed by atoms with van der Waals surface area (Å²) in [4.78, 5) is 18.7. The van der Waals surface area contributed by atoms with E-state index in [2.05, 4.69) is 4.90 Å². The van der Waals surface area contributed by atoms with E-state index in [0.29, 0.717) is 22.3 Å². The molecule has 0 bridgehead atoms. The summed E-state index contributed by atoms with van der Waals surface area (Å²) in [5.74, 6) is 0.501. The average Bonchev–Trinajstić information content (AvgIpc) is 2.62. The molecule has 150 valence electrons. The van der Waals surface area contributed by atoms with Crippen LogP contribution in [0.4, 0.5) is 0 Å². The van der Waals surface area contributed by atoms with Gasteiger partial charge in [0.05, 0.1) is 10.0 Å².